The minimum absolute atomic E-state index is 0.0340. The highest BCUT2D eigenvalue weighted by Crippen LogP contribution is 2.22. The molecule has 0 radical (unpaired) electrons. The van der Waals surface area contributed by atoms with Gasteiger partial charge >= 0.3 is 0 Å². The van der Waals surface area contributed by atoms with E-state index in [0.717, 1.165) is 38.7 Å². The van der Waals surface area contributed by atoms with Gasteiger partial charge in [-0.2, -0.15) is 0 Å². The summed E-state index contributed by atoms with van der Waals surface area (Å²) in [5, 5.41) is 9.01. The fraction of sp³-hybridized carbons (Fsp3) is 1.00. The summed E-state index contributed by atoms with van der Waals surface area (Å²) in [5.41, 5.74) is 0. The van der Waals surface area contributed by atoms with Crippen LogP contribution in [0.15, 0.2) is 0 Å². The molecule has 0 aromatic carbocycles. The zero-order valence-electron chi connectivity index (χ0n) is 9.06. The second kappa shape index (κ2) is 5.80. The van der Waals surface area contributed by atoms with Crippen molar-refractivity contribution in [2.75, 3.05) is 19.8 Å². The summed E-state index contributed by atoms with van der Waals surface area (Å²) in [7, 11) is 0. The van der Waals surface area contributed by atoms with Crippen LogP contribution < -0.4 is 0 Å². The zero-order chi connectivity index (χ0) is 10.5. The van der Waals surface area contributed by atoms with Crippen LogP contribution in [0.2, 0.25) is 0 Å². The van der Waals surface area contributed by atoms with Gasteiger partial charge < -0.3 is 19.3 Å². The molecule has 2 saturated heterocycles. The molecule has 0 aliphatic carbocycles. The summed E-state index contributed by atoms with van der Waals surface area (Å²) < 4.78 is 16.8. The molecule has 4 heteroatoms. The van der Waals surface area contributed by atoms with Crippen LogP contribution in [0.4, 0.5) is 0 Å². The molecule has 3 atom stereocenters. The molecule has 0 aromatic heterocycles. The normalized spacial score (nSPS) is 37.8. The SMILES string of the molecule is OC[C@@H]1CCC[C@@H](O[C@H]2CCCOC2)O1. The Balaban J connectivity index is 1.72. The number of hydrogen-bond acceptors (Lipinski definition) is 4. The van der Waals surface area contributed by atoms with E-state index in [1.54, 1.807) is 0 Å². The van der Waals surface area contributed by atoms with Gasteiger partial charge in [-0.15, -0.1) is 0 Å². The minimum Gasteiger partial charge on any atom is -0.394 e. The number of ether oxygens (including phenoxy) is 3. The Morgan fingerprint density at radius 1 is 1.20 bits per heavy atom. The second-order valence-corrected chi connectivity index (χ2v) is 4.28. The van der Waals surface area contributed by atoms with E-state index in [9.17, 15) is 0 Å². The van der Waals surface area contributed by atoms with Gasteiger partial charge in [0, 0.05) is 6.61 Å². The highest BCUT2D eigenvalue weighted by atomic mass is 16.7. The average molecular weight is 216 g/mol. The molecule has 2 fully saturated rings. The lowest BCUT2D eigenvalue weighted by atomic mass is 10.1. The predicted octanol–water partition coefficient (Wildman–Crippen LogP) is 1.07. The maximum Gasteiger partial charge on any atom is 0.158 e. The van der Waals surface area contributed by atoms with Crippen LogP contribution in [0.3, 0.4) is 0 Å². The summed E-state index contributed by atoms with van der Waals surface area (Å²) in [5.74, 6) is 0. The van der Waals surface area contributed by atoms with Crippen molar-refractivity contribution in [2.45, 2.75) is 50.6 Å². The standard InChI is InChI=1S/C11H20O4/c12-7-9-3-1-5-11(14-9)15-10-4-2-6-13-8-10/h9-12H,1-8H2/t9-,10-,11+/m0/s1. The Kier molecular flexibility index (Phi) is 4.38. The number of rotatable bonds is 3. The number of hydrogen-bond donors (Lipinski definition) is 1. The highest BCUT2D eigenvalue weighted by molar-refractivity contribution is 4.68. The van der Waals surface area contributed by atoms with Crippen molar-refractivity contribution in [3.05, 3.63) is 0 Å². The lowest BCUT2D eigenvalue weighted by Crippen LogP contribution is -2.37. The van der Waals surface area contributed by atoms with Crippen molar-refractivity contribution in [1.29, 1.82) is 0 Å². The Morgan fingerprint density at radius 3 is 2.87 bits per heavy atom. The first-order chi connectivity index (χ1) is 7.38. The Morgan fingerprint density at radius 2 is 2.13 bits per heavy atom. The topological polar surface area (TPSA) is 47.9 Å². The van der Waals surface area contributed by atoms with Crippen LogP contribution in [-0.4, -0.2) is 43.4 Å². The first-order valence-corrected chi connectivity index (χ1v) is 5.88. The van der Waals surface area contributed by atoms with Crippen molar-refractivity contribution in [1.82, 2.24) is 0 Å². The van der Waals surface area contributed by atoms with Gasteiger partial charge in [0.25, 0.3) is 0 Å². The van der Waals surface area contributed by atoms with Crippen LogP contribution in [0.1, 0.15) is 32.1 Å². The maximum atomic E-state index is 9.01. The molecule has 15 heavy (non-hydrogen) atoms. The third kappa shape index (κ3) is 3.41. The molecular formula is C11H20O4. The van der Waals surface area contributed by atoms with E-state index in [0.29, 0.717) is 6.61 Å². The number of aliphatic hydroxyl groups is 1. The molecule has 2 aliphatic heterocycles. The monoisotopic (exact) mass is 216 g/mol. The molecule has 0 spiro atoms. The van der Waals surface area contributed by atoms with Crippen molar-refractivity contribution in [3.8, 4) is 0 Å². The molecule has 2 heterocycles. The van der Waals surface area contributed by atoms with Crippen molar-refractivity contribution in [2.24, 2.45) is 0 Å². The van der Waals surface area contributed by atoms with Gasteiger partial charge in [0.05, 0.1) is 25.4 Å². The molecule has 0 unspecified atom stereocenters. The Bertz CT molecular complexity index is 179. The maximum absolute atomic E-state index is 9.01. The molecule has 2 rings (SSSR count). The molecule has 88 valence electrons. The summed E-state index contributed by atoms with van der Waals surface area (Å²) >= 11 is 0. The largest absolute Gasteiger partial charge is 0.394 e. The smallest absolute Gasteiger partial charge is 0.158 e. The molecule has 2 aliphatic rings. The van der Waals surface area contributed by atoms with E-state index in [1.807, 2.05) is 0 Å². The summed E-state index contributed by atoms with van der Waals surface area (Å²) in [6.45, 7) is 1.63. The molecular weight excluding hydrogens is 196 g/mol. The van der Waals surface area contributed by atoms with Gasteiger partial charge in [-0.1, -0.05) is 0 Å². The van der Waals surface area contributed by atoms with Gasteiger partial charge in [-0.25, -0.2) is 0 Å². The van der Waals surface area contributed by atoms with E-state index < -0.39 is 0 Å². The van der Waals surface area contributed by atoms with E-state index in [1.165, 1.54) is 0 Å². The van der Waals surface area contributed by atoms with Crippen molar-refractivity contribution < 1.29 is 19.3 Å². The Hall–Kier alpha value is -0.160. The van der Waals surface area contributed by atoms with Gasteiger partial charge in [0.15, 0.2) is 6.29 Å². The Labute approximate surface area is 90.5 Å². The first-order valence-electron chi connectivity index (χ1n) is 5.88. The van der Waals surface area contributed by atoms with Gasteiger partial charge in [-0.05, 0) is 32.1 Å². The van der Waals surface area contributed by atoms with Crippen LogP contribution >= 0.6 is 0 Å². The number of aliphatic hydroxyl groups excluding tert-OH is 1. The first kappa shape index (κ1) is 11.3. The zero-order valence-corrected chi connectivity index (χ0v) is 9.06. The lowest BCUT2D eigenvalue weighted by Gasteiger charge is -2.33. The van der Waals surface area contributed by atoms with Crippen LogP contribution in [0.5, 0.6) is 0 Å². The third-order valence-electron chi connectivity index (χ3n) is 2.98. The molecule has 0 bridgehead atoms. The summed E-state index contributed by atoms with van der Waals surface area (Å²) in [4.78, 5) is 0. The van der Waals surface area contributed by atoms with Crippen LogP contribution in [-0.2, 0) is 14.2 Å². The second-order valence-electron chi connectivity index (χ2n) is 4.28. The van der Waals surface area contributed by atoms with E-state index in [2.05, 4.69) is 0 Å². The van der Waals surface area contributed by atoms with Crippen molar-refractivity contribution in [3.63, 3.8) is 0 Å². The van der Waals surface area contributed by atoms with Gasteiger partial charge in [0.1, 0.15) is 0 Å². The van der Waals surface area contributed by atoms with Gasteiger partial charge in [-0.3, -0.25) is 0 Å². The predicted molar refractivity (Wildman–Crippen MR) is 54.5 cm³/mol. The molecule has 4 nitrogen and oxygen atoms in total. The quantitative estimate of drug-likeness (QED) is 0.766. The van der Waals surface area contributed by atoms with Crippen molar-refractivity contribution >= 4 is 0 Å². The molecule has 0 aromatic rings. The molecule has 0 saturated carbocycles. The van der Waals surface area contributed by atoms with Crippen LogP contribution in [0.25, 0.3) is 0 Å². The fourth-order valence-corrected chi connectivity index (χ4v) is 2.13. The van der Waals surface area contributed by atoms with E-state index in [-0.39, 0.29) is 25.1 Å². The van der Waals surface area contributed by atoms with Crippen LogP contribution in [0, 0.1) is 0 Å². The van der Waals surface area contributed by atoms with Gasteiger partial charge in [0.2, 0.25) is 0 Å². The minimum atomic E-state index is -0.136. The highest BCUT2D eigenvalue weighted by Gasteiger charge is 2.26. The van der Waals surface area contributed by atoms with E-state index >= 15 is 0 Å². The molecule has 1 N–H and O–H groups in total. The fourth-order valence-electron chi connectivity index (χ4n) is 2.13. The summed E-state index contributed by atoms with van der Waals surface area (Å²) in [6, 6.07) is 0. The summed E-state index contributed by atoms with van der Waals surface area (Å²) in [6.07, 6.45) is 5.09. The lowest BCUT2D eigenvalue weighted by molar-refractivity contribution is -0.233. The third-order valence-corrected chi connectivity index (χ3v) is 2.98. The average Bonchev–Trinajstić information content (AvgIpc) is 2.31. The van der Waals surface area contributed by atoms with E-state index in [4.69, 9.17) is 19.3 Å². The molecule has 0 amide bonds.